The zero-order chi connectivity index (χ0) is 28.3. The van der Waals surface area contributed by atoms with Gasteiger partial charge in [0.1, 0.15) is 23.2 Å². The van der Waals surface area contributed by atoms with E-state index in [1.807, 2.05) is 25.2 Å². The number of hydrogen-bond acceptors (Lipinski definition) is 7. The first kappa shape index (κ1) is 29.0. The molecule has 0 aromatic rings. The summed E-state index contributed by atoms with van der Waals surface area (Å²) in [6, 6.07) is 0. The number of nitrogens with one attached hydrogen (secondary N) is 2. The van der Waals surface area contributed by atoms with Gasteiger partial charge in [-0.05, 0) is 19.1 Å². The van der Waals surface area contributed by atoms with Crippen LogP contribution in [-0.4, -0.2) is 51.4 Å². The van der Waals surface area contributed by atoms with E-state index in [1.54, 1.807) is 48.6 Å². The van der Waals surface area contributed by atoms with Crippen molar-refractivity contribution in [1.29, 1.82) is 0 Å². The van der Waals surface area contributed by atoms with Crippen molar-refractivity contribution in [3.8, 4) is 0 Å². The molecule has 2 aliphatic carbocycles. The highest BCUT2D eigenvalue weighted by atomic mass is 16.6. The number of aliphatic hydroxyl groups is 2. The number of epoxide rings is 1. The first-order valence-corrected chi connectivity index (χ1v) is 12.3. The van der Waals surface area contributed by atoms with Crippen LogP contribution in [0.4, 0.5) is 0 Å². The van der Waals surface area contributed by atoms with Crippen LogP contribution in [-0.2, 0) is 23.9 Å². The Kier molecular flexibility index (Phi) is 10.3. The molecular formula is C30H30N2O7. The van der Waals surface area contributed by atoms with Crippen LogP contribution < -0.4 is 10.6 Å². The number of Topliss-reactive ketones (excluding diaryl/α,β-unsaturated/α-hetero) is 2. The van der Waals surface area contributed by atoms with Crippen molar-refractivity contribution in [2.75, 3.05) is 0 Å². The van der Waals surface area contributed by atoms with E-state index in [4.69, 9.17) is 4.74 Å². The number of ether oxygens (including phenoxy) is 1. The number of allylic oxidation sites excluding steroid dienone is 15. The van der Waals surface area contributed by atoms with E-state index in [-0.39, 0.29) is 35.8 Å². The lowest BCUT2D eigenvalue weighted by atomic mass is 9.88. The fourth-order valence-electron chi connectivity index (χ4n) is 3.69. The highest BCUT2D eigenvalue weighted by Gasteiger charge is 2.59. The summed E-state index contributed by atoms with van der Waals surface area (Å²) in [6.45, 7) is 1.90. The summed E-state index contributed by atoms with van der Waals surface area (Å²) in [5.74, 6) is -1.87. The Morgan fingerprint density at radius 2 is 1.44 bits per heavy atom. The van der Waals surface area contributed by atoms with Crippen LogP contribution in [0.2, 0.25) is 0 Å². The molecule has 202 valence electrons. The molecule has 0 radical (unpaired) electrons. The zero-order valence-corrected chi connectivity index (χ0v) is 21.3. The average molecular weight is 531 g/mol. The molecule has 0 aromatic carbocycles. The zero-order valence-electron chi connectivity index (χ0n) is 21.3. The van der Waals surface area contributed by atoms with Gasteiger partial charge in [-0.25, -0.2) is 0 Å². The van der Waals surface area contributed by atoms with Crippen LogP contribution in [0.1, 0.15) is 19.8 Å². The number of rotatable bonds is 11. The van der Waals surface area contributed by atoms with E-state index in [9.17, 15) is 29.4 Å². The number of ketones is 2. The van der Waals surface area contributed by atoms with E-state index < -0.39 is 35.4 Å². The lowest BCUT2D eigenvalue weighted by Gasteiger charge is -2.23. The molecule has 9 heteroatoms. The SMILES string of the molecule is C/C=C/C=C/C=C/C=C/C(=O)NC1=C[C@@](O)(/C=C/C=C/C=C/C=C/C(=O)NC2=C(O)CCC2=O)[C@@H]2O[C@@H]2C1=O. The average Bonchev–Trinajstić information content (AvgIpc) is 3.67. The monoisotopic (exact) mass is 530 g/mol. The predicted octanol–water partition coefficient (Wildman–Crippen LogP) is 2.79. The van der Waals surface area contributed by atoms with Crippen molar-refractivity contribution in [3.63, 3.8) is 0 Å². The van der Waals surface area contributed by atoms with E-state index in [1.165, 1.54) is 36.5 Å². The predicted molar refractivity (Wildman–Crippen MR) is 146 cm³/mol. The second-order valence-corrected chi connectivity index (χ2v) is 8.65. The molecular weight excluding hydrogens is 500 g/mol. The Morgan fingerprint density at radius 3 is 2.03 bits per heavy atom. The molecule has 0 spiro atoms. The molecule has 2 amide bonds. The Balaban J connectivity index is 1.51. The summed E-state index contributed by atoms with van der Waals surface area (Å²) < 4.78 is 5.33. The van der Waals surface area contributed by atoms with Crippen molar-refractivity contribution in [2.45, 2.75) is 37.6 Å². The topological polar surface area (TPSA) is 145 Å². The first-order valence-electron chi connectivity index (χ1n) is 12.3. The van der Waals surface area contributed by atoms with Gasteiger partial charge in [0.25, 0.3) is 0 Å². The van der Waals surface area contributed by atoms with Gasteiger partial charge in [0.15, 0.2) is 11.9 Å². The van der Waals surface area contributed by atoms with Crippen molar-refractivity contribution in [3.05, 3.63) is 120 Å². The highest BCUT2D eigenvalue weighted by molar-refractivity contribution is 6.06. The van der Waals surface area contributed by atoms with E-state index >= 15 is 0 Å². The number of aliphatic hydroxyl groups excluding tert-OH is 1. The largest absolute Gasteiger partial charge is 0.510 e. The molecule has 0 unspecified atom stereocenters. The van der Waals surface area contributed by atoms with Gasteiger partial charge in [0.2, 0.25) is 17.6 Å². The Labute approximate surface area is 226 Å². The minimum absolute atomic E-state index is 0.0387. The van der Waals surface area contributed by atoms with Crippen molar-refractivity contribution in [2.24, 2.45) is 0 Å². The standard InChI is InChI=1S/C30H30N2O7/c1-2-3-4-5-6-9-12-15-24(35)31-21-20-30(38,29-28(39-29)27(21)37)19-14-11-8-7-10-13-16-25(36)32-26-22(33)17-18-23(26)34/h2-16,19-20,28-29,33,38H,17-18H2,1H3,(H,31,35)(H,32,36)/b3-2+,5-4+,9-6+,10-7+,11-8+,15-12+,16-13+,19-14+/t28-,29-,30+/m1/s1. The third kappa shape index (κ3) is 8.46. The maximum absolute atomic E-state index is 12.4. The number of carbonyl (C=O) groups is 4. The van der Waals surface area contributed by atoms with Crippen molar-refractivity contribution < 1.29 is 34.1 Å². The third-order valence-electron chi connectivity index (χ3n) is 5.67. The minimum Gasteiger partial charge on any atom is -0.510 e. The van der Waals surface area contributed by atoms with Gasteiger partial charge in [-0.15, -0.1) is 0 Å². The lowest BCUT2D eigenvalue weighted by Crippen LogP contribution is -2.42. The summed E-state index contributed by atoms with van der Waals surface area (Å²) in [6.07, 6.45) is 26.0. The van der Waals surface area contributed by atoms with Gasteiger partial charge in [-0.2, -0.15) is 0 Å². The molecule has 3 atom stereocenters. The van der Waals surface area contributed by atoms with Gasteiger partial charge < -0.3 is 25.6 Å². The first-order chi connectivity index (χ1) is 18.7. The maximum atomic E-state index is 12.4. The van der Waals surface area contributed by atoms with Crippen molar-refractivity contribution >= 4 is 23.4 Å². The molecule has 0 aromatic heterocycles. The normalized spacial score (nSPS) is 25.6. The van der Waals surface area contributed by atoms with Gasteiger partial charge in [-0.3, -0.25) is 19.2 Å². The van der Waals surface area contributed by atoms with Gasteiger partial charge in [-0.1, -0.05) is 79.0 Å². The third-order valence-corrected chi connectivity index (χ3v) is 5.67. The number of hydrogen-bond donors (Lipinski definition) is 4. The fourth-order valence-corrected chi connectivity index (χ4v) is 3.69. The molecule has 1 saturated heterocycles. The number of amides is 2. The molecule has 3 aliphatic rings. The summed E-state index contributed by atoms with van der Waals surface area (Å²) in [5.41, 5.74) is -1.67. The van der Waals surface area contributed by atoms with Crippen LogP contribution in [0.3, 0.4) is 0 Å². The fraction of sp³-hybridized carbons (Fsp3) is 0.200. The molecule has 4 N–H and O–H groups in total. The Bertz CT molecular complexity index is 1300. The second kappa shape index (κ2) is 13.8. The Hall–Kier alpha value is -4.60. The summed E-state index contributed by atoms with van der Waals surface area (Å²) >= 11 is 0. The van der Waals surface area contributed by atoms with Crippen LogP contribution >= 0.6 is 0 Å². The molecule has 39 heavy (non-hydrogen) atoms. The molecule has 1 fully saturated rings. The van der Waals surface area contributed by atoms with Gasteiger partial charge in [0.05, 0.1) is 5.70 Å². The van der Waals surface area contributed by atoms with Crippen LogP contribution in [0.5, 0.6) is 0 Å². The van der Waals surface area contributed by atoms with Crippen LogP contribution in [0.15, 0.2) is 120 Å². The summed E-state index contributed by atoms with van der Waals surface area (Å²) in [4.78, 5) is 48.0. The van der Waals surface area contributed by atoms with E-state index in [2.05, 4.69) is 10.6 Å². The quantitative estimate of drug-likeness (QED) is 0.183. The molecule has 0 bridgehead atoms. The molecule has 9 nitrogen and oxygen atoms in total. The van der Waals surface area contributed by atoms with Crippen LogP contribution in [0.25, 0.3) is 0 Å². The molecule has 3 rings (SSSR count). The smallest absolute Gasteiger partial charge is 0.248 e. The second-order valence-electron chi connectivity index (χ2n) is 8.65. The lowest BCUT2D eigenvalue weighted by molar-refractivity contribution is -0.121. The minimum atomic E-state index is -1.58. The van der Waals surface area contributed by atoms with E-state index in [0.29, 0.717) is 0 Å². The van der Waals surface area contributed by atoms with Gasteiger partial charge >= 0.3 is 0 Å². The molecule has 0 saturated carbocycles. The maximum Gasteiger partial charge on any atom is 0.248 e. The summed E-state index contributed by atoms with van der Waals surface area (Å²) in [7, 11) is 0. The molecule has 1 aliphatic heterocycles. The van der Waals surface area contributed by atoms with Gasteiger partial charge in [0, 0.05) is 25.0 Å². The summed E-state index contributed by atoms with van der Waals surface area (Å²) in [5, 5.41) is 25.4. The highest BCUT2D eigenvalue weighted by Crippen LogP contribution is 2.40. The number of fused-ring (bicyclic) bond motifs is 1. The molecule has 1 heterocycles. The van der Waals surface area contributed by atoms with Crippen LogP contribution in [0, 0.1) is 0 Å². The van der Waals surface area contributed by atoms with Crippen molar-refractivity contribution in [1.82, 2.24) is 10.6 Å². The Morgan fingerprint density at radius 1 is 0.872 bits per heavy atom. The van der Waals surface area contributed by atoms with E-state index in [0.717, 1.165) is 0 Å². The number of carbonyl (C=O) groups excluding carboxylic acids is 4.